The number of amides is 1. The lowest BCUT2D eigenvalue weighted by Gasteiger charge is -2.29. The van der Waals surface area contributed by atoms with Gasteiger partial charge in [-0.2, -0.15) is 0 Å². The van der Waals surface area contributed by atoms with Gasteiger partial charge in [0.1, 0.15) is 6.54 Å². The van der Waals surface area contributed by atoms with Gasteiger partial charge in [-0.05, 0) is 42.5 Å². The lowest BCUT2D eigenvalue weighted by Crippen LogP contribution is -2.48. The maximum Gasteiger partial charge on any atom is 0.264 e. The third-order valence-corrected chi connectivity index (χ3v) is 6.54. The van der Waals surface area contributed by atoms with E-state index < -0.39 is 10.0 Å². The minimum atomic E-state index is -3.88. The quantitative estimate of drug-likeness (QED) is 0.726. The maximum absolute atomic E-state index is 13.3. The van der Waals surface area contributed by atoms with Crippen molar-refractivity contribution in [1.29, 1.82) is 0 Å². The number of para-hydroxylation sites is 1. The van der Waals surface area contributed by atoms with Crippen LogP contribution in [0.25, 0.3) is 0 Å². The van der Waals surface area contributed by atoms with Crippen molar-refractivity contribution >= 4 is 21.6 Å². The van der Waals surface area contributed by atoms with E-state index in [0.29, 0.717) is 5.69 Å². The SMILES string of the molecule is Cc1ccccc1N(CC(=O)NC(C(C)C)C(C)C)S(=O)(=O)c1ccccc1. The Bertz CT molecular complexity index is 885. The summed E-state index contributed by atoms with van der Waals surface area (Å²) in [4.78, 5) is 13.0. The minimum Gasteiger partial charge on any atom is -0.351 e. The lowest BCUT2D eigenvalue weighted by atomic mass is 9.93. The second-order valence-electron chi connectivity index (χ2n) is 7.69. The van der Waals surface area contributed by atoms with Crippen LogP contribution >= 0.6 is 0 Å². The van der Waals surface area contributed by atoms with Gasteiger partial charge < -0.3 is 5.32 Å². The van der Waals surface area contributed by atoms with Crippen molar-refractivity contribution in [2.45, 2.75) is 45.6 Å². The molecule has 2 aromatic rings. The number of aryl methyl sites for hydroxylation is 1. The Morgan fingerprint density at radius 3 is 2.00 bits per heavy atom. The summed E-state index contributed by atoms with van der Waals surface area (Å²) in [6, 6.07) is 15.4. The number of carbonyl (C=O) groups is 1. The minimum absolute atomic E-state index is 0.0225. The average molecular weight is 403 g/mol. The van der Waals surface area contributed by atoms with Gasteiger partial charge in [0, 0.05) is 6.04 Å². The number of sulfonamides is 1. The van der Waals surface area contributed by atoms with Gasteiger partial charge in [0.25, 0.3) is 10.0 Å². The molecule has 1 amide bonds. The van der Waals surface area contributed by atoms with E-state index in [1.54, 1.807) is 42.5 Å². The van der Waals surface area contributed by atoms with Crippen LogP contribution in [0.5, 0.6) is 0 Å². The van der Waals surface area contributed by atoms with Crippen molar-refractivity contribution in [3.63, 3.8) is 0 Å². The van der Waals surface area contributed by atoms with E-state index in [2.05, 4.69) is 5.32 Å². The monoisotopic (exact) mass is 402 g/mol. The molecule has 0 atom stereocenters. The molecule has 0 heterocycles. The van der Waals surface area contributed by atoms with Crippen molar-refractivity contribution in [1.82, 2.24) is 5.32 Å². The van der Waals surface area contributed by atoms with Crippen molar-refractivity contribution in [3.05, 3.63) is 60.2 Å². The molecule has 0 aliphatic heterocycles. The van der Waals surface area contributed by atoms with E-state index in [4.69, 9.17) is 0 Å². The highest BCUT2D eigenvalue weighted by Crippen LogP contribution is 2.26. The van der Waals surface area contributed by atoms with Gasteiger partial charge in [-0.1, -0.05) is 64.1 Å². The summed E-state index contributed by atoms with van der Waals surface area (Å²) in [6.07, 6.45) is 0. The molecular weight excluding hydrogens is 372 g/mol. The number of nitrogens with zero attached hydrogens (tertiary/aromatic N) is 1. The molecule has 0 aromatic heterocycles. The van der Waals surface area contributed by atoms with Gasteiger partial charge in [-0.15, -0.1) is 0 Å². The molecule has 0 unspecified atom stereocenters. The number of benzene rings is 2. The molecule has 0 radical (unpaired) electrons. The highest BCUT2D eigenvalue weighted by atomic mass is 32.2. The summed E-state index contributed by atoms with van der Waals surface area (Å²) in [6.45, 7) is 9.76. The van der Waals surface area contributed by atoms with Crippen LogP contribution in [0.2, 0.25) is 0 Å². The third-order valence-electron chi connectivity index (χ3n) is 4.77. The van der Waals surface area contributed by atoms with Crippen molar-refractivity contribution in [2.24, 2.45) is 11.8 Å². The van der Waals surface area contributed by atoms with Crippen LogP contribution in [-0.2, 0) is 14.8 Å². The summed E-state index contributed by atoms with van der Waals surface area (Å²) >= 11 is 0. The maximum atomic E-state index is 13.3. The highest BCUT2D eigenvalue weighted by Gasteiger charge is 2.29. The molecule has 5 nitrogen and oxygen atoms in total. The molecule has 1 N–H and O–H groups in total. The van der Waals surface area contributed by atoms with Crippen LogP contribution in [0.3, 0.4) is 0 Å². The van der Waals surface area contributed by atoms with Crippen LogP contribution in [0, 0.1) is 18.8 Å². The van der Waals surface area contributed by atoms with E-state index in [9.17, 15) is 13.2 Å². The molecule has 2 aromatic carbocycles. The fourth-order valence-electron chi connectivity index (χ4n) is 3.33. The second-order valence-corrected chi connectivity index (χ2v) is 9.55. The largest absolute Gasteiger partial charge is 0.351 e. The first kappa shape index (κ1) is 22.0. The number of hydrogen-bond acceptors (Lipinski definition) is 3. The molecule has 0 spiro atoms. The molecule has 2 rings (SSSR count). The fourth-order valence-corrected chi connectivity index (χ4v) is 4.83. The summed E-state index contributed by atoms with van der Waals surface area (Å²) in [5.41, 5.74) is 1.30. The Balaban J connectivity index is 2.40. The number of rotatable bonds is 8. The number of nitrogens with one attached hydrogen (secondary N) is 1. The zero-order chi connectivity index (χ0) is 20.9. The average Bonchev–Trinajstić information content (AvgIpc) is 2.65. The zero-order valence-corrected chi connectivity index (χ0v) is 18.0. The summed E-state index contributed by atoms with van der Waals surface area (Å²) in [7, 11) is -3.88. The summed E-state index contributed by atoms with van der Waals surface area (Å²) in [5.74, 6) is 0.193. The molecule has 28 heavy (non-hydrogen) atoms. The van der Waals surface area contributed by atoms with Gasteiger partial charge in [0.2, 0.25) is 5.91 Å². The summed E-state index contributed by atoms with van der Waals surface area (Å²) in [5, 5.41) is 3.01. The Morgan fingerprint density at radius 1 is 0.929 bits per heavy atom. The highest BCUT2D eigenvalue weighted by molar-refractivity contribution is 7.92. The van der Waals surface area contributed by atoms with E-state index in [-0.39, 0.29) is 35.2 Å². The Hall–Kier alpha value is -2.34. The zero-order valence-electron chi connectivity index (χ0n) is 17.2. The lowest BCUT2D eigenvalue weighted by molar-refractivity contribution is -0.121. The normalized spacial score (nSPS) is 11.9. The molecule has 0 aliphatic rings. The predicted molar refractivity (Wildman–Crippen MR) is 114 cm³/mol. The fraction of sp³-hybridized carbons (Fsp3) is 0.409. The number of anilines is 1. The topological polar surface area (TPSA) is 66.5 Å². The molecule has 0 saturated heterocycles. The van der Waals surface area contributed by atoms with Crippen LogP contribution in [-0.4, -0.2) is 26.9 Å². The van der Waals surface area contributed by atoms with E-state index >= 15 is 0 Å². The molecule has 0 bridgehead atoms. The van der Waals surface area contributed by atoms with Crippen molar-refractivity contribution in [2.75, 3.05) is 10.8 Å². The molecule has 0 aliphatic carbocycles. The molecular formula is C22H30N2O3S. The van der Waals surface area contributed by atoms with Crippen molar-refractivity contribution in [3.8, 4) is 0 Å². The van der Waals surface area contributed by atoms with E-state index in [0.717, 1.165) is 5.56 Å². The Morgan fingerprint density at radius 2 is 1.46 bits per heavy atom. The van der Waals surface area contributed by atoms with Crippen LogP contribution in [0.4, 0.5) is 5.69 Å². The standard InChI is InChI=1S/C22H30N2O3S/c1-16(2)22(17(3)4)23-21(25)15-24(20-14-10-9-11-18(20)5)28(26,27)19-12-7-6-8-13-19/h6-14,16-17,22H,15H2,1-5H3,(H,23,25). The Kier molecular flexibility index (Phi) is 7.24. The first-order valence-corrected chi connectivity index (χ1v) is 11.0. The van der Waals surface area contributed by atoms with Crippen LogP contribution in [0.1, 0.15) is 33.3 Å². The number of carbonyl (C=O) groups excluding carboxylic acids is 1. The van der Waals surface area contributed by atoms with Crippen LogP contribution < -0.4 is 9.62 Å². The smallest absolute Gasteiger partial charge is 0.264 e. The molecule has 0 fully saturated rings. The molecule has 152 valence electrons. The van der Waals surface area contributed by atoms with E-state index in [1.165, 1.54) is 4.31 Å². The molecule has 0 saturated carbocycles. The van der Waals surface area contributed by atoms with Gasteiger partial charge >= 0.3 is 0 Å². The van der Waals surface area contributed by atoms with Gasteiger partial charge in [-0.25, -0.2) is 8.42 Å². The molecule has 6 heteroatoms. The Labute approximate surface area is 168 Å². The van der Waals surface area contributed by atoms with Gasteiger partial charge in [0.05, 0.1) is 10.6 Å². The second kappa shape index (κ2) is 9.24. The van der Waals surface area contributed by atoms with Gasteiger partial charge in [0.15, 0.2) is 0 Å². The van der Waals surface area contributed by atoms with Crippen LogP contribution in [0.15, 0.2) is 59.5 Å². The summed E-state index contributed by atoms with van der Waals surface area (Å²) < 4.78 is 27.8. The first-order valence-electron chi connectivity index (χ1n) is 9.57. The first-order chi connectivity index (χ1) is 13.1. The predicted octanol–water partition coefficient (Wildman–Crippen LogP) is 3.99. The van der Waals surface area contributed by atoms with E-state index in [1.807, 2.05) is 46.8 Å². The third kappa shape index (κ3) is 5.13. The number of hydrogen-bond donors (Lipinski definition) is 1. The van der Waals surface area contributed by atoms with Crippen molar-refractivity contribution < 1.29 is 13.2 Å². The van der Waals surface area contributed by atoms with Gasteiger partial charge in [-0.3, -0.25) is 9.10 Å².